The monoisotopic (exact) mass is 390 g/mol. The van der Waals surface area contributed by atoms with Gasteiger partial charge in [0.05, 0.1) is 5.71 Å². The zero-order chi connectivity index (χ0) is 19.0. The summed E-state index contributed by atoms with van der Waals surface area (Å²) in [5, 5.41) is 4.36. The van der Waals surface area contributed by atoms with Crippen LogP contribution in [0.1, 0.15) is 24.8 Å². The molecule has 0 saturated carbocycles. The largest absolute Gasteiger partial charge is 0.321 e. The van der Waals surface area contributed by atoms with Gasteiger partial charge in [0.15, 0.2) is 6.17 Å². The number of pyridine rings is 1. The summed E-state index contributed by atoms with van der Waals surface area (Å²) in [5.74, 6) is -0.820. The molecule has 1 saturated heterocycles. The van der Waals surface area contributed by atoms with Crippen LogP contribution >= 0.6 is 9.24 Å². The second-order valence-electron chi connectivity index (χ2n) is 7.10. The standard InChI is InChI=1S/C19H21F2N4OP/c20-14-7-13(8-16(27)19(14)21)12-3-6-25(18(26)9-12)17-10-15(23-24-17)11-1-4-22-5-2-11/h1-2,4-5,7-8,12,16-17,19,24H,3,6,9-10,27H2. The first-order valence-corrected chi connectivity index (χ1v) is 9.70. The fraction of sp³-hybridized carbons (Fsp3) is 0.421. The zero-order valence-electron chi connectivity index (χ0n) is 14.7. The molecule has 3 aliphatic rings. The summed E-state index contributed by atoms with van der Waals surface area (Å²) >= 11 is 0. The normalized spacial score (nSPS) is 31.1. The Hall–Kier alpha value is -2.14. The zero-order valence-corrected chi connectivity index (χ0v) is 15.8. The van der Waals surface area contributed by atoms with E-state index in [0.717, 1.165) is 23.3 Å². The number of nitrogens with one attached hydrogen (secondary N) is 1. The Balaban J connectivity index is 1.39. The van der Waals surface area contributed by atoms with Crippen LogP contribution in [-0.2, 0) is 4.79 Å². The second kappa shape index (κ2) is 7.47. The van der Waals surface area contributed by atoms with Gasteiger partial charge in [-0.05, 0) is 36.1 Å². The molecule has 5 nitrogen and oxygen atoms in total. The first kappa shape index (κ1) is 18.2. The Morgan fingerprint density at radius 3 is 2.74 bits per heavy atom. The summed E-state index contributed by atoms with van der Waals surface area (Å²) in [6.07, 6.45) is 6.29. The maximum absolute atomic E-state index is 13.8. The molecule has 5 unspecified atom stereocenters. The van der Waals surface area contributed by atoms with Crippen molar-refractivity contribution in [1.82, 2.24) is 15.3 Å². The maximum Gasteiger partial charge on any atom is 0.224 e. The summed E-state index contributed by atoms with van der Waals surface area (Å²) < 4.78 is 27.4. The number of aromatic nitrogens is 1. The number of carbonyl (C=O) groups is 1. The van der Waals surface area contributed by atoms with Crippen molar-refractivity contribution >= 4 is 20.9 Å². The fourth-order valence-electron chi connectivity index (χ4n) is 3.83. The molecule has 1 aliphatic carbocycles. The van der Waals surface area contributed by atoms with Crippen LogP contribution in [0.15, 0.2) is 53.2 Å². The van der Waals surface area contributed by atoms with Crippen molar-refractivity contribution < 1.29 is 13.6 Å². The molecule has 27 heavy (non-hydrogen) atoms. The smallest absolute Gasteiger partial charge is 0.224 e. The quantitative estimate of drug-likeness (QED) is 0.808. The molecule has 2 aliphatic heterocycles. The topological polar surface area (TPSA) is 57.6 Å². The van der Waals surface area contributed by atoms with E-state index in [-0.39, 0.29) is 18.0 Å². The summed E-state index contributed by atoms with van der Waals surface area (Å²) in [5.41, 5.74) is 5.09. The Bertz CT molecular complexity index is 826. The summed E-state index contributed by atoms with van der Waals surface area (Å²) in [6.45, 7) is 0.563. The molecule has 4 rings (SSSR count). The van der Waals surface area contributed by atoms with E-state index in [1.807, 2.05) is 12.1 Å². The second-order valence-corrected chi connectivity index (χ2v) is 7.87. The predicted molar refractivity (Wildman–Crippen MR) is 102 cm³/mol. The van der Waals surface area contributed by atoms with Crippen LogP contribution in [0.2, 0.25) is 0 Å². The van der Waals surface area contributed by atoms with Crippen molar-refractivity contribution in [3.8, 4) is 0 Å². The van der Waals surface area contributed by atoms with Crippen molar-refractivity contribution in [2.75, 3.05) is 6.54 Å². The number of hydrogen-bond acceptors (Lipinski definition) is 4. The van der Waals surface area contributed by atoms with E-state index in [9.17, 15) is 13.6 Å². The lowest BCUT2D eigenvalue weighted by Gasteiger charge is -2.36. The van der Waals surface area contributed by atoms with Crippen LogP contribution in [0.25, 0.3) is 0 Å². The minimum atomic E-state index is -1.61. The molecular formula is C19H21F2N4OP. The van der Waals surface area contributed by atoms with Gasteiger partial charge in [0.25, 0.3) is 0 Å². The molecular weight excluding hydrogens is 369 g/mol. The minimum Gasteiger partial charge on any atom is -0.321 e. The van der Waals surface area contributed by atoms with Crippen molar-refractivity contribution in [2.24, 2.45) is 11.0 Å². The van der Waals surface area contributed by atoms with E-state index in [1.165, 1.54) is 6.08 Å². The third-order valence-electron chi connectivity index (χ3n) is 5.35. The number of alkyl halides is 1. The van der Waals surface area contributed by atoms with Crippen LogP contribution in [0.4, 0.5) is 8.78 Å². The van der Waals surface area contributed by atoms with Crippen molar-refractivity contribution in [1.29, 1.82) is 0 Å². The number of hydrogen-bond donors (Lipinski definition) is 1. The van der Waals surface area contributed by atoms with E-state index in [1.54, 1.807) is 23.4 Å². The molecule has 1 aromatic heterocycles. The molecule has 0 bridgehead atoms. The lowest BCUT2D eigenvalue weighted by Crippen LogP contribution is -2.49. The van der Waals surface area contributed by atoms with Gasteiger partial charge in [0, 0.05) is 43.0 Å². The number of hydrazone groups is 1. The van der Waals surface area contributed by atoms with Crippen LogP contribution < -0.4 is 5.43 Å². The minimum absolute atomic E-state index is 0.00677. The van der Waals surface area contributed by atoms with E-state index in [4.69, 9.17) is 0 Å². The van der Waals surface area contributed by atoms with Gasteiger partial charge in [-0.1, -0.05) is 6.08 Å². The van der Waals surface area contributed by atoms with Crippen molar-refractivity contribution in [3.05, 3.63) is 53.6 Å². The molecule has 1 N–H and O–H groups in total. The number of nitrogens with zero attached hydrogens (tertiary/aromatic N) is 3. The van der Waals surface area contributed by atoms with Crippen LogP contribution in [0.3, 0.4) is 0 Å². The molecule has 3 heterocycles. The van der Waals surface area contributed by atoms with Crippen molar-refractivity contribution in [2.45, 2.75) is 37.3 Å². The molecule has 0 spiro atoms. The van der Waals surface area contributed by atoms with Gasteiger partial charge in [-0.2, -0.15) is 5.10 Å². The first-order valence-electron chi connectivity index (χ1n) is 9.03. The summed E-state index contributed by atoms with van der Waals surface area (Å²) in [7, 11) is 2.32. The highest BCUT2D eigenvalue weighted by Crippen LogP contribution is 2.35. The van der Waals surface area contributed by atoms with E-state index in [0.29, 0.717) is 19.4 Å². The molecule has 1 amide bonds. The van der Waals surface area contributed by atoms with Crippen LogP contribution in [-0.4, -0.2) is 46.0 Å². The molecule has 0 aromatic carbocycles. The van der Waals surface area contributed by atoms with Gasteiger partial charge in [0.2, 0.25) is 5.91 Å². The lowest BCUT2D eigenvalue weighted by atomic mass is 9.85. The molecule has 142 valence electrons. The van der Waals surface area contributed by atoms with Gasteiger partial charge in [-0.3, -0.25) is 15.2 Å². The number of piperidine rings is 1. The highest BCUT2D eigenvalue weighted by molar-refractivity contribution is 7.18. The molecule has 1 aromatic rings. The van der Waals surface area contributed by atoms with Gasteiger partial charge in [-0.25, -0.2) is 8.78 Å². The Morgan fingerprint density at radius 2 is 2.04 bits per heavy atom. The summed E-state index contributed by atoms with van der Waals surface area (Å²) in [6, 6.07) is 3.79. The van der Waals surface area contributed by atoms with E-state index >= 15 is 0 Å². The molecule has 8 heteroatoms. The highest BCUT2D eigenvalue weighted by atomic mass is 31.0. The van der Waals surface area contributed by atoms with Crippen LogP contribution in [0.5, 0.6) is 0 Å². The molecule has 5 atom stereocenters. The van der Waals surface area contributed by atoms with E-state index < -0.39 is 17.7 Å². The predicted octanol–water partition coefficient (Wildman–Crippen LogP) is 2.72. The average Bonchev–Trinajstić information content (AvgIpc) is 3.16. The summed E-state index contributed by atoms with van der Waals surface area (Å²) in [4.78, 5) is 18.5. The number of carbonyl (C=O) groups excluding carboxylic acids is 1. The molecule has 0 radical (unpaired) electrons. The molecule has 1 fully saturated rings. The van der Waals surface area contributed by atoms with Gasteiger partial charge < -0.3 is 4.90 Å². The van der Waals surface area contributed by atoms with Gasteiger partial charge >= 0.3 is 0 Å². The number of allylic oxidation sites excluding steroid dienone is 4. The fourth-order valence-corrected chi connectivity index (χ4v) is 4.23. The third kappa shape index (κ3) is 3.65. The Labute approximate surface area is 158 Å². The maximum atomic E-state index is 13.8. The Kier molecular flexibility index (Phi) is 5.04. The lowest BCUT2D eigenvalue weighted by molar-refractivity contribution is -0.137. The van der Waals surface area contributed by atoms with Gasteiger partial charge in [0.1, 0.15) is 12.0 Å². The van der Waals surface area contributed by atoms with Crippen LogP contribution in [0, 0.1) is 5.92 Å². The van der Waals surface area contributed by atoms with Gasteiger partial charge in [-0.15, -0.1) is 9.24 Å². The number of amides is 1. The van der Waals surface area contributed by atoms with E-state index in [2.05, 4.69) is 24.8 Å². The van der Waals surface area contributed by atoms with Crippen molar-refractivity contribution in [3.63, 3.8) is 0 Å². The number of rotatable bonds is 3. The SMILES string of the molecule is O=C1CC(C2=CC(P)C(F)C(F)=C2)CCN1C1CC(c2ccncc2)=NN1. The average molecular weight is 390 g/mol. The highest BCUT2D eigenvalue weighted by Gasteiger charge is 2.36. The first-order chi connectivity index (χ1) is 13.0. The number of halogens is 2. The number of likely N-dealkylation sites (tertiary alicyclic amines) is 1. The third-order valence-corrected chi connectivity index (χ3v) is 5.88. The Morgan fingerprint density at radius 1 is 1.26 bits per heavy atom.